The van der Waals surface area contributed by atoms with Crippen molar-refractivity contribution in [2.24, 2.45) is 0 Å². The van der Waals surface area contributed by atoms with Gasteiger partial charge in [-0.15, -0.1) is 0 Å². The van der Waals surface area contributed by atoms with E-state index in [1.165, 1.54) is 12.8 Å². The maximum Gasteiger partial charge on any atom is 0.303 e. The lowest BCUT2D eigenvalue weighted by Crippen LogP contribution is -1.92. The fourth-order valence-electron chi connectivity index (χ4n) is 1.86. The van der Waals surface area contributed by atoms with E-state index in [0.717, 1.165) is 38.5 Å². The maximum absolute atomic E-state index is 10.3. The molecule has 23 heavy (non-hydrogen) atoms. The molecule has 0 atom stereocenters. The van der Waals surface area contributed by atoms with Crippen LogP contribution < -0.4 is 0 Å². The number of hydrogen-bond acceptors (Lipinski definition) is 1. The summed E-state index contributed by atoms with van der Waals surface area (Å²) in [4.78, 5) is 10.3. The molecule has 0 fully saturated rings. The molecule has 0 aromatic carbocycles. The van der Waals surface area contributed by atoms with Crippen LogP contribution in [0, 0.1) is 0 Å². The van der Waals surface area contributed by atoms with E-state index in [9.17, 15) is 4.79 Å². The summed E-state index contributed by atoms with van der Waals surface area (Å²) in [5.74, 6) is -0.715. The standard InChI is InChI=1S/C21H32O2/c1-2-3-4-5-6-7-8-9-10-11-12-13-14-15-16-17-18-19-20-21(22)23/h4-5,7-8,10-11,13-14,16-17H,2-3,6,9,12,15,18-20H2,1H3,(H,22,23)/b5-4+,8-7+,11-10+,14-13+,17-16+. The summed E-state index contributed by atoms with van der Waals surface area (Å²) in [6.07, 6.45) is 29.9. The van der Waals surface area contributed by atoms with Crippen LogP contribution in [-0.4, -0.2) is 11.1 Å². The first-order chi connectivity index (χ1) is 11.3. The summed E-state index contributed by atoms with van der Waals surface area (Å²) >= 11 is 0. The molecule has 0 amide bonds. The molecular formula is C21H32O2. The van der Waals surface area contributed by atoms with E-state index in [-0.39, 0.29) is 6.42 Å². The highest BCUT2D eigenvalue weighted by molar-refractivity contribution is 5.66. The molecule has 0 unspecified atom stereocenters. The Morgan fingerprint density at radius 2 is 1.09 bits per heavy atom. The van der Waals surface area contributed by atoms with E-state index in [0.29, 0.717) is 0 Å². The number of carboxylic acid groups (broad SMARTS) is 1. The van der Waals surface area contributed by atoms with Crippen molar-refractivity contribution in [3.8, 4) is 0 Å². The first kappa shape index (κ1) is 21.2. The minimum Gasteiger partial charge on any atom is -0.481 e. The van der Waals surface area contributed by atoms with Crippen molar-refractivity contribution in [1.82, 2.24) is 0 Å². The Labute approximate surface area is 142 Å². The summed E-state index contributed by atoms with van der Waals surface area (Å²) in [5, 5.41) is 8.50. The molecule has 0 bridgehead atoms. The number of aliphatic carboxylic acids is 1. The second-order valence-corrected chi connectivity index (χ2v) is 5.37. The largest absolute Gasteiger partial charge is 0.481 e. The zero-order chi connectivity index (χ0) is 17.0. The average Bonchev–Trinajstić information content (AvgIpc) is 2.53. The second kappa shape index (κ2) is 18.2. The zero-order valence-corrected chi connectivity index (χ0v) is 14.5. The van der Waals surface area contributed by atoms with Crippen molar-refractivity contribution in [1.29, 1.82) is 0 Å². The number of allylic oxidation sites excluding steroid dienone is 10. The van der Waals surface area contributed by atoms with Crippen LogP contribution in [0.5, 0.6) is 0 Å². The molecule has 0 aliphatic heterocycles. The van der Waals surface area contributed by atoms with Crippen LogP contribution in [0.15, 0.2) is 60.8 Å². The van der Waals surface area contributed by atoms with Crippen LogP contribution in [-0.2, 0) is 4.79 Å². The Morgan fingerprint density at radius 3 is 1.48 bits per heavy atom. The zero-order valence-electron chi connectivity index (χ0n) is 14.5. The molecule has 0 aromatic heterocycles. The summed E-state index contributed by atoms with van der Waals surface area (Å²) in [6, 6.07) is 0. The molecule has 2 nitrogen and oxygen atoms in total. The lowest BCUT2D eigenvalue weighted by Gasteiger charge is -1.89. The molecule has 0 rings (SSSR count). The van der Waals surface area contributed by atoms with E-state index in [1.54, 1.807) is 0 Å². The molecule has 0 heterocycles. The monoisotopic (exact) mass is 316 g/mol. The third-order valence-corrected chi connectivity index (χ3v) is 3.14. The first-order valence-electron chi connectivity index (χ1n) is 8.74. The number of unbranched alkanes of at least 4 members (excludes halogenated alkanes) is 2. The second-order valence-electron chi connectivity index (χ2n) is 5.37. The van der Waals surface area contributed by atoms with Crippen molar-refractivity contribution in [3.05, 3.63) is 60.8 Å². The fourth-order valence-corrected chi connectivity index (χ4v) is 1.86. The summed E-state index contributed by atoms with van der Waals surface area (Å²) < 4.78 is 0. The Morgan fingerprint density at radius 1 is 0.696 bits per heavy atom. The van der Waals surface area contributed by atoms with Crippen molar-refractivity contribution < 1.29 is 9.90 Å². The van der Waals surface area contributed by atoms with Gasteiger partial charge in [-0.2, -0.15) is 0 Å². The normalized spacial score (nSPS) is 12.7. The third kappa shape index (κ3) is 20.2. The van der Waals surface area contributed by atoms with Gasteiger partial charge in [0.1, 0.15) is 0 Å². The average molecular weight is 316 g/mol. The summed E-state index contributed by atoms with van der Waals surface area (Å²) in [6.45, 7) is 2.19. The number of rotatable bonds is 14. The highest BCUT2D eigenvalue weighted by Gasteiger charge is 1.92. The van der Waals surface area contributed by atoms with Crippen LogP contribution >= 0.6 is 0 Å². The van der Waals surface area contributed by atoms with E-state index >= 15 is 0 Å². The molecule has 0 aliphatic rings. The van der Waals surface area contributed by atoms with Gasteiger partial charge in [-0.1, -0.05) is 74.1 Å². The van der Waals surface area contributed by atoms with Crippen LogP contribution in [0.4, 0.5) is 0 Å². The molecule has 0 saturated carbocycles. The van der Waals surface area contributed by atoms with E-state index in [4.69, 9.17) is 5.11 Å². The summed E-state index contributed by atoms with van der Waals surface area (Å²) in [7, 11) is 0. The van der Waals surface area contributed by atoms with Gasteiger partial charge < -0.3 is 5.11 Å². The van der Waals surface area contributed by atoms with Crippen LogP contribution in [0.3, 0.4) is 0 Å². The van der Waals surface area contributed by atoms with Gasteiger partial charge in [0.15, 0.2) is 0 Å². The van der Waals surface area contributed by atoms with Gasteiger partial charge in [0.2, 0.25) is 0 Å². The Hall–Kier alpha value is -1.83. The third-order valence-electron chi connectivity index (χ3n) is 3.14. The van der Waals surface area contributed by atoms with Gasteiger partial charge in [0, 0.05) is 6.42 Å². The van der Waals surface area contributed by atoms with Crippen LogP contribution in [0.2, 0.25) is 0 Å². The quantitative estimate of drug-likeness (QED) is 0.298. The molecule has 0 radical (unpaired) electrons. The molecule has 128 valence electrons. The molecule has 2 heteroatoms. The smallest absolute Gasteiger partial charge is 0.303 e. The number of carbonyl (C=O) groups is 1. The first-order valence-corrected chi connectivity index (χ1v) is 8.74. The van der Waals surface area contributed by atoms with Gasteiger partial charge in [-0.05, 0) is 44.9 Å². The van der Waals surface area contributed by atoms with Crippen LogP contribution in [0.25, 0.3) is 0 Å². The lowest BCUT2D eigenvalue weighted by atomic mass is 10.2. The molecule has 0 spiro atoms. The highest BCUT2D eigenvalue weighted by Crippen LogP contribution is 1.99. The molecule has 0 aliphatic carbocycles. The predicted octanol–water partition coefficient (Wildman–Crippen LogP) is 6.38. The van der Waals surface area contributed by atoms with Crippen molar-refractivity contribution in [2.45, 2.75) is 64.7 Å². The van der Waals surface area contributed by atoms with Gasteiger partial charge in [0.05, 0.1) is 0 Å². The topological polar surface area (TPSA) is 37.3 Å². The Balaban J connectivity index is 3.46. The molecule has 0 saturated heterocycles. The minimum absolute atomic E-state index is 0.258. The Kier molecular flexibility index (Phi) is 16.8. The van der Waals surface area contributed by atoms with Crippen molar-refractivity contribution in [2.75, 3.05) is 0 Å². The highest BCUT2D eigenvalue weighted by atomic mass is 16.4. The molecule has 0 aromatic rings. The molecular weight excluding hydrogens is 284 g/mol. The maximum atomic E-state index is 10.3. The summed E-state index contributed by atoms with van der Waals surface area (Å²) in [5.41, 5.74) is 0. The van der Waals surface area contributed by atoms with E-state index in [1.807, 2.05) is 0 Å². The van der Waals surface area contributed by atoms with Crippen molar-refractivity contribution >= 4 is 5.97 Å². The lowest BCUT2D eigenvalue weighted by molar-refractivity contribution is -0.137. The van der Waals surface area contributed by atoms with E-state index in [2.05, 4.69) is 67.7 Å². The van der Waals surface area contributed by atoms with Crippen LogP contribution in [0.1, 0.15) is 64.7 Å². The Bertz CT molecular complexity index is 412. The minimum atomic E-state index is -0.715. The predicted molar refractivity (Wildman–Crippen MR) is 101 cm³/mol. The van der Waals surface area contributed by atoms with Gasteiger partial charge >= 0.3 is 5.97 Å². The van der Waals surface area contributed by atoms with Gasteiger partial charge in [-0.3, -0.25) is 4.79 Å². The SMILES string of the molecule is CCC/C=C/C/C=C/C/C=C/C/C=C/C/C=C/CCCC(=O)O. The number of hydrogen-bond donors (Lipinski definition) is 1. The van der Waals surface area contributed by atoms with E-state index < -0.39 is 5.97 Å². The fraction of sp³-hybridized carbons (Fsp3) is 0.476. The number of carboxylic acids is 1. The van der Waals surface area contributed by atoms with Gasteiger partial charge in [-0.25, -0.2) is 0 Å². The van der Waals surface area contributed by atoms with Gasteiger partial charge in [0.25, 0.3) is 0 Å². The molecule has 1 N–H and O–H groups in total. The van der Waals surface area contributed by atoms with Crippen molar-refractivity contribution in [3.63, 3.8) is 0 Å².